The van der Waals surface area contributed by atoms with Gasteiger partial charge in [-0.2, -0.15) is 0 Å². The zero-order valence-corrected chi connectivity index (χ0v) is 14.7. The molecule has 7 heteroatoms. The van der Waals surface area contributed by atoms with E-state index in [2.05, 4.69) is 15.3 Å². The molecule has 2 rings (SSSR count). The molecule has 0 radical (unpaired) electrons. The van der Waals surface area contributed by atoms with Gasteiger partial charge in [-0.05, 0) is 32.9 Å². The molecular formula is C16H18Cl2N4O. The topological polar surface area (TPSA) is 58.1 Å². The summed E-state index contributed by atoms with van der Waals surface area (Å²) in [7, 11) is 0. The molecule has 0 aliphatic carbocycles. The van der Waals surface area contributed by atoms with Crippen molar-refractivity contribution in [2.75, 3.05) is 18.4 Å². The number of para-hydroxylation sites is 1. The Kier molecular flexibility index (Phi) is 5.80. The van der Waals surface area contributed by atoms with Gasteiger partial charge in [0.2, 0.25) is 0 Å². The molecule has 0 aliphatic rings. The molecule has 23 heavy (non-hydrogen) atoms. The summed E-state index contributed by atoms with van der Waals surface area (Å²) < 4.78 is 0. The van der Waals surface area contributed by atoms with Crippen molar-refractivity contribution in [2.45, 2.75) is 20.8 Å². The third-order valence-electron chi connectivity index (χ3n) is 3.32. The van der Waals surface area contributed by atoms with E-state index in [1.165, 1.54) is 0 Å². The van der Waals surface area contributed by atoms with Crippen molar-refractivity contribution in [1.82, 2.24) is 14.9 Å². The number of hydrogen-bond donors (Lipinski definition) is 1. The molecule has 0 unspecified atom stereocenters. The number of halogens is 2. The lowest BCUT2D eigenvalue weighted by Gasteiger charge is -2.18. The van der Waals surface area contributed by atoms with Gasteiger partial charge in [0.25, 0.3) is 5.91 Å². The number of nitrogens with one attached hydrogen (secondary N) is 1. The molecule has 0 atom stereocenters. The second kappa shape index (κ2) is 7.62. The predicted molar refractivity (Wildman–Crippen MR) is 93.8 cm³/mol. The van der Waals surface area contributed by atoms with Crippen LogP contribution in [0.3, 0.4) is 0 Å². The largest absolute Gasteiger partial charge is 0.338 e. The molecule has 0 saturated heterocycles. The third-order valence-corrected chi connectivity index (χ3v) is 3.95. The van der Waals surface area contributed by atoms with Gasteiger partial charge in [0.05, 0.1) is 15.7 Å². The molecule has 0 aliphatic heterocycles. The summed E-state index contributed by atoms with van der Waals surface area (Å²) in [5, 5.41) is 4.02. The maximum atomic E-state index is 12.5. The minimum atomic E-state index is -0.131. The molecule has 5 nitrogen and oxygen atoms in total. The number of hydrogen-bond acceptors (Lipinski definition) is 4. The molecule has 0 saturated carbocycles. The van der Waals surface area contributed by atoms with Crippen LogP contribution in [0.2, 0.25) is 10.0 Å². The van der Waals surface area contributed by atoms with Crippen LogP contribution in [0.15, 0.2) is 24.3 Å². The Bertz CT molecular complexity index is 697. The summed E-state index contributed by atoms with van der Waals surface area (Å²) in [4.78, 5) is 22.7. The predicted octanol–water partition coefficient (Wildman–Crippen LogP) is 4.32. The standard InChI is InChI=1S/C16H18Cl2N4O/c1-4-22(5-2)16(23)13-9-14(20-10(3)19-13)21-15-11(17)7-6-8-12(15)18/h6-9H,4-5H2,1-3H3,(H,19,20,21). The van der Waals surface area contributed by atoms with Crippen LogP contribution in [-0.4, -0.2) is 33.9 Å². The van der Waals surface area contributed by atoms with E-state index in [1.807, 2.05) is 13.8 Å². The number of anilines is 2. The van der Waals surface area contributed by atoms with Gasteiger partial charge in [0.1, 0.15) is 17.3 Å². The first-order chi connectivity index (χ1) is 11.0. The van der Waals surface area contributed by atoms with Gasteiger partial charge in [-0.1, -0.05) is 29.3 Å². The van der Waals surface area contributed by atoms with Crippen LogP contribution in [0.5, 0.6) is 0 Å². The number of nitrogens with zero attached hydrogens (tertiary/aromatic N) is 3. The van der Waals surface area contributed by atoms with Gasteiger partial charge < -0.3 is 10.2 Å². The lowest BCUT2D eigenvalue weighted by Crippen LogP contribution is -2.31. The van der Waals surface area contributed by atoms with Crippen molar-refractivity contribution >= 4 is 40.6 Å². The molecule has 122 valence electrons. The Labute approximate surface area is 145 Å². The number of amides is 1. The number of benzene rings is 1. The van der Waals surface area contributed by atoms with Crippen LogP contribution in [0, 0.1) is 6.92 Å². The highest BCUT2D eigenvalue weighted by atomic mass is 35.5. The fourth-order valence-electron chi connectivity index (χ4n) is 2.16. The summed E-state index contributed by atoms with van der Waals surface area (Å²) in [5.41, 5.74) is 0.891. The first kappa shape index (κ1) is 17.5. The van der Waals surface area contributed by atoms with Crippen LogP contribution in [0.25, 0.3) is 0 Å². The van der Waals surface area contributed by atoms with Gasteiger partial charge in [-0.25, -0.2) is 9.97 Å². The van der Waals surface area contributed by atoms with Crippen molar-refractivity contribution in [1.29, 1.82) is 0 Å². The molecule has 1 N–H and O–H groups in total. The molecule has 0 bridgehead atoms. The van der Waals surface area contributed by atoms with E-state index < -0.39 is 0 Å². The highest BCUT2D eigenvalue weighted by Gasteiger charge is 2.16. The van der Waals surface area contributed by atoms with Crippen LogP contribution >= 0.6 is 23.2 Å². The minimum absolute atomic E-state index is 0.131. The summed E-state index contributed by atoms with van der Waals surface area (Å²) in [6.07, 6.45) is 0. The van der Waals surface area contributed by atoms with Crippen molar-refractivity contribution in [3.8, 4) is 0 Å². The highest BCUT2D eigenvalue weighted by Crippen LogP contribution is 2.32. The van der Waals surface area contributed by atoms with Crippen LogP contribution < -0.4 is 5.32 Å². The average Bonchev–Trinajstić information content (AvgIpc) is 2.51. The van der Waals surface area contributed by atoms with Crippen molar-refractivity contribution in [2.24, 2.45) is 0 Å². The number of carbonyl (C=O) groups is 1. The number of aryl methyl sites for hydroxylation is 1. The van der Waals surface area contributed by atoms with E-state index in [0.29, 0.717) is 46.2 Å². The second-order valence-corrected chi connectivity index (χ2v) is 5.70. The Hall–Kier alpha value is -1.85. The summed E-state index contributed by atoms with van der Waals surface area (Å²) in [6, 6.07) is 6.82. The van der Waals surface area contributed by atoms with Crippen LogP contribution in [-0.2, 0) is 0 Å². The molecule has 1 amide bonds. The van der Waals surface area contributed by atoms with Gasteiger partial charge in [-0.3, -0.25) is 4.79 Å². The number of carbonyl (C=O) groups excluding carboxylic acids is 1. The van der Waals surface area contributed by atoms with Gasteiger partial charge in [0, 0.05) is 19.2 Å². The van der Waals surface area contributed by atoms with E-state index in [9.17, 15) is 4.79 Å². The highest BCUT2D eigenvalue weighted by molar-refractivity contribution is 6.39. The molecule has 0 fully saturated rings. The lowest BCUT2D eigenvalue weighted by molar-refractivity contribution is 0.0766. The maximum absolute atomic E-state index is 12.5. The van der Waals surface area contributed by atoms with Crippen molar-refractivity contribution in [3.63, 3.8) is 0 Å². The monoisotopic (exact) mass is 352 g/mol. The van der Waals surface area contributed by atoms with Gasteiger partial charge in [-0.15, -0.1) is 0 Å². The zero-order chi connectivity index (χ0) is 17.0. The lowest BCUT2D eigenvalue weighted by atomic mass is 10.3. The van der Waals surface area contributed by atoms with Crippen LogP contribution in [0.1, 0.15) is 30.2 Å². The number of aromatic nitrogens is 2. The van der Waals surface area contributed by atoms with Crippen molar-refractivity contribution in [3.05, 3.63) is 45.8 Å². The maximum Gasteiger partial charge on any atom is 0.272 e. The van der Waals surface area contributed by atoms with E-state index in [0.717, 1.165) is 0 Å². The van der Waals surface area contributed by atoms with Gasteiger partial charge in [0.15, 0.2) is 0 Å². The van der Waals surface area contributed by atoms with Gasteiger partial charge >= 0.3 is 0 Å². The Morgan fingerprint density at radius 1 is 1.17 bits per heavy atom. The Balaban J connectivity index is 2.36. The first-order valence-electron chi connectivity index (χ1n) is 7.32. The molecule has 1 aromatic heterocycles. The van der Waals surface area contributed by atoms with E-state index >= 15 is 0 Å². The van der Waals surface area contributed by atoms with E-state index in [4.69, 9.17) is 23.2 Å². The van der Waals surface area contributed by atoms with Crippen LogP contribution in [0.4, 0.5) is 11.5 Å². The summed E-state index contributed by atoms with van der Waals surface area (Å²) in [5.74, 6) is 0.838. The first-order valence-corrected chi connectivity index (χ1v) is 8.07. The molecule has 1 aromatic carbocycles. The van der Waals surface area contributed by atoms with E-state index in [-0.39, 0.29) is 5.91 Å². The average molecular weight is 353 g/mol. The second-order valence-electron chi connectivity index (χ2n) is 4.88. The Morgan fingerprint density at radius 3 is 2.35 bits per heavy atom. The fraction of sp³-hybridized carbons (Fsp3) is 0.312. The molecule has 2 aromatic rings. The molecule has 0 spiro atoms. The minimum Gasteiger partial charge on any atom is -0.338 e. The number of rotatable bonds is 5. The normalized spacial score (nSPS) is 10.5. The smallest absolute Gasteiger partial charge is 0.272 e. The summed E-state index contributed by atoms with van der Waals surface area (Å²) in [6.45, 7) is 6.84. The Morgan fingerprint density at radius 2 is 1.78 bits per heavy atom. The molecular weight excluding hydrogens is 335 g/mol. The van der Waals surface area contributed by atoms with Crippen molar-refractivity contribution < 1.29 is 4.79 Å². The fourth-order valence-corrected chi connectivity index (χ4v) is 2.65. The SMILES string of the molecule is CCN(CC)C(=O)c1cc(Nc2c(Cl)cccc2Cl)nc(C)n1. The molecule has 1 heterocycles. The summed E-state index contributed by atoms with van der Waals surface area (Å²) >= 11 is 12.3. The van der Waals surface area contributed by atoms with E-state index in [1.54, 1.807) is 36.1 Å². The quantitative estimate of drug-likeness (QED) is 0.870. The third kappa shape index (κ3) is 4.12. The zero-order valence-electron chi connectivity index (χ0n) is 13.2.